The van der Waals surface area contributed by atoms with E-state index in [1.807, 2.05) is 0 Å². The van der Waals surface area contributed by atoms with E-state index in [4.69, 9.17) is 0 Å². The Kier molecular flexibility index (Phi) is 2.60. The fraction of sp³-hybridized carbons (Fsp3) is 1.00. The van der Waals surface area contributed by atoms with Gasteiger partial charge in [0, 0.05) is 12.6 Å². The first kappa shape index (κ1) is 10.4. The Balaban J connectivity index is 2.20. The summed E-state index contributed by atoms with van der Waals surface area (Å²) in [7, 11) is -3.00. The van der Waals surface area contributed by atoms with Crippen molar-refractivity contribution in [3.63, 3.8) is 0 Å². The molecule has 2 aliphatic heterocycles. The van der Waals surface area contributed by atoms with Crippen LogP contribution in [0.15, 0.2) is 0 Å². The monoisotopic (exact) mass is 217 g/mol. The maximum Gasteiger partial charge on any atom is 0.216 e. The Labute approximate surface area is 86.5 Å². The van der Waals surface area contributed by atoms with Crippen LogP contribution in [0.3, 0.4) is 0 Å². The summed E-state index contributed by atoms with van der Waals surface area (Å²) >= 11 is 0. The SMILES string of the molecule is CC(C)S(=O)(=O)N1CC2CCC1CC2. The number of rotatable bonds is 2. The van der Waals surface area contributed by atoms with Crippen LogP contribution in [-0.2, 0) is 10.0 Å². The van der Waals surface area contributed by atoms with E-state index in [-0.39, 0.29) is 5.25 Å². The third kappa shape index (κ3) is 1.58. The van der Waals surface area contributed by atoms with Gasteiger partial charge in [0.25, 0.3) is 0 Å². The summed E-state index contributed by atoms with van der Waals surface area (Å²) in [6, 6.07) is 0.312. The van der Waals surface area contributed by atoms with E-state index in [1.54, 1.807) is 18.2 Å². The first-order chi connectivity index (χ1) is 6.51. The molecule has 2 heterocycles. The molecule has 3 aliphatic rings. The molecule has 3 nitrogen and oxygen atoms in total. The Hall–Kier alpha value is -0.0900. The highest BCUT2D eigenvalue weighted by atomic mass is 32.2. The van der Waals surface area contributed by atoms with Gasteiger partial charge in [0.05, 0.1) is 5.25 Å². The Morgan fingerprint density at radius 3 is 2.07 bits per heavy atom. The minimum Gasteiger partial charge on any atom is -0.212 e. The van der Waals surface area contributed by atoms with Gasteiger partial charge in [-0.25, -0.2) is 8.42 Å². The predicted octanol–water partition coefficient (Wildman–Crippen LogP) is 1.60. The highest BCUT2D eigenvalue weighted by molar-refractivity contribution is 7.89. The lowest BCUT2D eigenvalue weighted by atomic mass is 9.82. The zero-order valence-corrected chi connectivity index (χ0v) is 9.76. The van der Waals surface area contributed by atoms with Gasteiger partial charge in [-0.15, -0.1) is 0 Å². The van der Waals surface area contributed by atoms with Crippen molar-refractivity contribution < 1.29 is 8.42 Å². The lowest BCUT2D eigenvalue weighted by molar-refractivity contribution is 0.120. The summed E-state index contributed by atoms with van der Waals surface area (Å²) in [4.78, 5) is 0. The van der Waals surface area contributed by atoms with Crippen molar-refractivity contribution in [2.75, 3.05) is 6.54 Å². The van der Waals surface area contributed by atoms with Gasteiger partial charge in [0.1, 0.15) is 0 Å². The molecule has 82 valence electrons. The standard InChI is InChI=1S/C10H19NO2S/c1-8(2)14(12,13)11-7-9-3-5-10(11)6-4-9/h8-10H,3-7H2,1-2H3. The first-order valence-electron chi connectivity index (χ1n) is 5.52. The molecule has 0 aromatic carbocycles. The molecule has 0 aromatic heterocycles. The predicted molar refractivity (Wildman–Crippen MR) is 56.5 cm³/mol. The Morgan fingerprint density at radius 2 is 1.71 bits per heavy atom. The molecule has 3 rings (SSSR count). The maximum absolute atomic E-state index is 12.0. The lowest BCUT2D eigenvalue weighted by Gasteiger charge is -2.44. The van der Waals surface area contributed by atoms with Crippen molar-refractivity contribution in [3.05, 3.63) is 0 Å². The normalized spacial score (nSPS) is 33.9. The molecular formula is C10H19NO2S. The second-order valence-corrected chi connectivity index (χ2v) is 7.28. The van der Waals surface area contributed by atoms with Gasteiger partial charge >= 0.3 is 0 Å². The van der Waals surface area contributed by atoms with Crippen molar-refractivity contribution >= 4 is 10.0 Å². The summed E-state index contributed by atoms with van der Waals surface area (Å²) in [5.41, 5.74) is 0. The molecule has 0 spiro atoms. The van der Waals surface area contributed by atoms with Crippen molar-refractivity contribution in [1.29, 1.82) is 0 Å². The molecule has 0 aromatic rings. The van der Waals surface area contributed by atoms with E-state index in [0.717, 1.165) is 19.4 Å². The van der Waals surface area contributed by atoms with Crippen molar-refractivity contribution in [2.45, 2.75) is 50.8 Å². The first-order valence-corrected chi connectivity index (χ1v) is 7.03. The fourth-order valence-electron chi connectivity index (χ4n) is 2.60. The van der Waals surface area contributed by atoms with Crippen LogP contribution in [0.4, 0.5) is 0 Å². The average Bonchev–Trinajstić information content (AvgIpc) is 2.19. The van der Waals surface area contributed by atoms with Crippen LogP contribution in [-0.4, -0.2) is 30.6 Å². The summed E-state index contributed by atoms with van der Waals surface area (Å²) in [5, 5.41) is -0.262. The molecule has 0 amide bonds. The lowest BCUT2D eigenvalue weighted by Crippen LogP contribution is -2.52. The topological polar surface area (TPSA) is 37.4 Å². The molecule has 0 atom stereocenters. The minimum atomic E-state index is -3.00. The van der Waals surface area contributed by atoms with Gasteiger partial charge in [-0.3, -0.25) is 0 Å². The van der Waals surface area contributed by atoms with E-state index in [0.29, 0.717) is 12.0 Å². The highest BCUT2D eigenvalue weighted by Crippen LogP contribution is 2.37. The number of piperidine rings is 2. The molecule has 1 aliphatic carbocycles. The third-order valence-electron chi connectivity index (χ3n) is 3.58. The van der Waals surface area contributed by atoms with Crippen LogP contribution in [0, 0.1) is 5.92 Å². The zero-order chi connectivity index (χ0) is 10.3. The molecule has 0 radical (unpaired) electrons. The van der Waals surface area contributed by atoms with Gasteiger partial charge in [0.2, 0.25) is 10.0 Å². The van der Waals surface area contributed by atoms with Gasteiger partial charge in [-0.2, -0.15) is 4.31 Å². The van der Waals surface area contributed by atoms with E-state index in [2.05, 4.69) is 0 Å². The molecule has 14 heavy (non-hydrogen) atoms. The second-order valence-electron chi connectivity index (χ2n) is 4.84. The maximum atomic E-state index is 12.0. The van der Waals surface area contributed by atoms with Crippen molar-refractivity contribution in [1.82, 2.24) is 4.31 Å². The van der Waals surface area contributed by atoms with Crippen LogP contribution in [0.25, 0.3) is 0 Å². The fourth-order valence-corrected chi connectivity index (χ4v) is 4.19. The molecule has 0 N–H and O–H groups in total. The molecule has 2 bridgehead atoms. The van der Waals surface area contributed by atoms with E-state index >= 15 is 0 Å². The number of fused-ring (bicyclic) bond motifs is 3. The van der Waals surface area contributed by atoms with Crippen molar-refractivity contribution in [3.8, 4) is 0 Å². The zero-order valence-electron chi connectivity index (χ0n) is 8.94. The van der Waals surface area contributed by atoms with Gasteiger partial charge in [-0.05, 0) is 45.4 Å². The largest absolute Gasteiger partial charge is 0.216 e. The quantitative estimate of drug-likeness (QED) is 0.704. The van der Waals surface area contributed by atoms with Crippen LogP contribution in [0.2, 0.25) is 0 Å². The summed E-state index contributed by atoms with van der Waals surface area (Å²) in [5.74, 6) is 0.633. The molecular weight excluding hydrogens is 198 g/mol. The number of sulfonamides is 1. The summed E-state index contributed by atoms with van der Waals surface area (Å²) in [6.07, 6.45) is 4.62. The number of hydrogen-bond acceptors (Lipinski definition) is 2. The highest BCUT2D eigenvalue weighted by Gasteiger charge is 2.40. The van der Waals surface area contributed by atoms with Gasteiger partial charge in [0.15, 0.2) is 0 Å². The van der Waals surface area contributed by atoms with Crippen LogP contribution in [0.5, 0.6) is 0 Å². The number of hydrogen-bond donors (Lipinski definition) is 0. The van der Waals surface area contributed by atoms with E-state index in [1.165, 1.54) is 12.8 Å². The van der Waals surface area contributed by atoms with Gasteiger partial charge < -0.3 is 0 Å². The van der Waals surface area contributed by atoms with Gasteiger partial charge in [-0.1, -0.05) is 0 Å². The molecule has 1 saturated carbocycles. The number of nitrogens with zero attached hydrogens (tertiary/aromatic N) is 1. The van der Waals surface area contributed by atoms with E-state index < -0.39 is 10.0 Å². The second kappa shape index (κ2) is 3.49. The summed E-state index contributed by atoms with van der Waals surface area (Å²) in [6.45, 7) is 4.33. The Bertz CT molecular complexity index is 302. The smallest absolute Gasteiger partial charge is 0.212 e. The van der Waals surface area contributed by atoms with E-state index in [9.17, 15) is 8.42 Å². The molecule has 2 saturated heterocycles. The third-order valence-corrected chi connectivity index (χ3v) is 5.88. The molecule has 3 fully saturated rings. The van der Waals surface area contributed by atoms with Crippen LogP contribution < -0.4 is 0 Å². The summed E-state index contributed by atoms with van der Waals surface area (Å²) < 4.78 is 25.8. The van der Waals surface area contributed by atoms with Crippen molar-refractivity contribution in [2.24, 2.45) is 5.92 Å². The van der Waals surface area contributed by atoms with Crippen LogP contribution in [0.1, 0.15) is 39.5 Å². The molecule has 0 unspecified atom stereocenters. The average molecular weight is 217 g/mol. The Morgan fingerprint density at radius 1 is 1.14 bits per heavy atom. The van der Waals surface area contributed by atoms with Crippen LogP contribution >= 0.6 is 0 Å². The minimum absolute atomic E-state index is 0.262. The molecule has 4 heteroatoms.